The molecule has 0 aliphatic carbocycles. The number of rotatable bonds is 11. The lowest BCUT2D eigenvalue weighted by Gasteiger charge is -2.36. The van der Waals surface area contributed by atoms with Gasteiger partial charge in [-0.3, -0.25) is 0 Å². The van der Waals surface area contributed by atoms with E-state index in [2.05, 4.69) is 56.3 Å². The average Bonchev–Trinajstić information content (AvgIpc) is 2.71. The van der Waals surface area contributed by atoms with Crippen LogP contribution in [-0.2, 0) is 5.41 Å². The van der Waals surface area contributed by atoms with Gasteiger partial charge < -0.3 is 10.2 Å². The Morgan fingerprint density at radius 1 is 0.963 bits per heavy atom. The summed E-state index contributed by atoms with van der Waals surface area (Å²) in [5.74, 6) is 1.64. The molecule has 0 aliphatic rings. The molecule has 0 bridgehead atoms. The van der Waals surface area contributed by atoms with E-state index in [0.717, 1.165) is 30.6 Å². The van der Waals surface area contributed by atoms with Gasteiger partial charge in [0, 0.05) is 12.0 Å². The van der Waals surface area contributed by atoms with Crippen LogP contribution in [0.4, 0.5) is 0 Å². The Labute approximate surface area is 169 Å². The normalized spacial score (nSPS) is 17.1. The van der Waals surface area contributed by atoms with Gasteiger partial charge in [0.1, 0.15) is 5.44 Å². The molecule has 2 N–H and O–H groups in total. The first-order chi connectivity index (χ1) is 13.0. The van der Waals surface area contributed by atoms with Crippen LogP contribution in [0.2, 0.25) is 0 Å². The Morgan fingerprint density at radius 3 is 2.15 bits per heavy atom. The molecule has 0 radical (unpaired) electrons. The second kappa shape index (κ2) is 10.9. The highest BCUT2D eigenvalue weighted by atomic mass is 32.2. The quantitative estimate of drug-likeness (QED) is 0.390. The molecule has 2 aromatic rings. The van der Waals surface area contributed by atoms with Crippen molar-refractivity contribution in [1.82, 2.24) is 0 Å². The van der Waals surface area contributed by atoms with Crippen molar-refractivity contribution < 1.29 is 10.2 Å². The van der Waals surface area contributed by atoms with E-state index in [0.29, 0.717) is 5.92 Å². The summed E-state index contributed by atoms with van der Waals surface area (Å²) in [5, 5.41) is 20.6. The highest BCUT2D eigenvalue weighted by Gasteiger charge is 2.36. The van der Waals surface area contributed by atoms with E-state index >= 15 is 0 Å². The lowest BCUT2D eigenvalue weighted by molar-refractivity contribution is 0.129. The molecular formula is C24H34O2S. The molecule has 0 amide bonds. The number of aliphatic hydroxyl groups is 2. The van der Waals surface area contributed by atoms with Crippen molar-refractivity contribution in [2.24, 2.45) is 5.92 Å². The van der Waals surface area contributed by atoms with Crippen LogP contribution in [0.3, 0.4) is 0 Å². The first-order valence-corrected chi connectivity index (χ1v) is 11.0. The minimum Gasteiger partial charge on any atom is -0.396 e. The molecule has 0 fully saturated rings. The molecule has 0 aromatic heterocycles. The highest BCUT2D eigenvalue weighted by molar-refractivity contribution is 7.99. The van der Waals surface area contributed by atoms with Crippen LogP contribution in [0.1, 0.15) is 57.1 Å². The minimum absolute atomic E-state index is 0.147. The third-order valence-corrected chi connectivity index (χ3v) is 6.85. The summed E-state index contributed by atoms with van der Waals surface area (Å²) in [4.78, 5) is 0. The lowest BCUT2D eigenvalue weighted by Crippen LogP contribution is -2.37. The fourth-order valence-corrected chi connectivity index (χ4v) is 4.84. The molecule has 4 atom stereocenters. The summed E-state index contributed by atoms with van der Waals surface area (Å²) < 4.78 is 0. The third-order valence-electron chi connectivity index (χ3n) is 5.49. The first-order valence-electron chi connectivity index (χ1n) is 9.98. The zero-order valence-electron chi connectivity index (χ0n) is 16.8. The van der Waals surface area contributed by atoms with E-state index in [9.17, 15) is 10.2 Å². The van der Waals surface area contributed by atoms with Gasteiger partial charge in [0.2, 0.25) is 0 Å². The highest BCUT2D eigenvalue weighted by Crippen LogP contribution is 2.39. The van der Waals surface area contributed by atoms with Crippen LogP contribution >= 0.6 is 11.8 Å². The fraction of sp³-hybridized carbons (Fsp3) is 0.500. The van der Waals surface area contributed by atoms with Crippen molar-refractivity contribution in [1.29, 1.82) is 0 Å². The number of aliphatic hydroxyl groups excluding tert-OH is 2. The minimum atomic E-state index is -0.485. The van der Waals surface area contributed by atoms with Crippen molar-refractivity contribution in [3.8, 4) is 0 Å². The van der Waals surface area contributed by atoms with E-state index in [4.69, 9.17) is 0 Å². The molecule has 0 heterocycles. The van der Waals surface area contributed by atoms with Crippen LogP contribution in [0.25, 0.3) is 0 Å². The standard InChI is InChI=1S/C24H34O2S/c1-19(18-25)17-24(3,22-14-8-5-9-15-22)23(26)27-16-10-11-20(2)21-12-6-4-7-13-21/h4-9,12-15,19-20,23,25-26H,10-11,16-18H2,1-3H3. The van der Waals surface area contributed by atoms with Crippen molar-refractivity contribution in [3.05, 3.63) is 71.8 Å². The number of hydrogen-bond acceptors (Lipinski definition) is 3. The van der Waals surface area contributed by atoms with Gasteiger partial charge in [-0.1, -0.05) is 81.4 Å². The predicted octanol–water partition coefficient (Wildman–Crippen LogP) is 5.60. The van der Waals surface area contributed by atoms with E-state index in [1.54, 1.807) is 11.8 Å². The van der Waals surface area contributed by atoms with Crippen LogP contribution < -0.4 is 0 Å². The summed E-state index contributed by atoms with van der Waals surface area (Å²) in [6, 6.07) is 20.9. The molecule has 4 unspecified atom stereocenters. The van der Waals surface area contributed by atoms with Gasteiger partial charge in [0.15, 0.2) is 0 Å². The van der Waals surface area contributed by atoms with Crippen LogP contribution in [0.5, 0.6) is 0 Å². The van der Waals surface area contributed by atoms with Crippen molar-refractivity contribution in [2.45, 2.75) is 56.8 Å². The molecule has 0 aliphatic heterocycles. The smallest absolute Gasteiger partial charge is 0.109 e. The Balaban J connectivity index is 1.92. The summed E-state index contributed by atoms with van der Waals surface area (Å²) in [5.41, 5.74) is 1.68. The van der Waals surface area contributed by atoms with Crippen molar-refractivity contribution in [3.63, 3.8) is 0 Å². The molecule has 3 heteroatoms. The Hall–Kier alpha value is -1.29. The summed E-state index contributed by atoms with van der Waals surface area (Å²) >= 11 is 1.64. The number of thioether (sulfide) groups is 1. The molecule has 27 heavy (non-hydrogen) atoms. The predicted molar refractivity (Wildman–Crippen MR) is 117 cm³/mol. The van der Waals surface area contributed by atoms with Crippen LogP contribution in [-0.4, -0.2) is 28.0 Å². The zero-order valence-corrected chi connectivity index (χ0v) is 17.7. The van der Waals surface area contributed by atoms with E-state index in [-0.39, 0.29) is 17.9 Å². The largest absolute Gasteiger partial charge is 0.396 e. The average molecular weight is 387 g/mol. The molecule has 2 nitrogen and oxygen atoms in total. The van der Waals surface area contributed by atoms with Gasteiger partial charge in [-0.15, -0.1) is 11.8 Å². The second-order valence-corrected chi connectivity index (χ2v) is 9.14. The van der Waals surface area contributed by atoms with Gasteiger partial charge in [-0.25, -0.2) is 0 Å². The fourth-order valence-electron chi connectivity index (χ4n) is 3.69. The second-order valence-electron chi connectivity index (χ2n) is 7.95. The van der Waals surface area contributed by atoms with Gasteiger partial charge in [-0.05, 0) is 48.0 Å². The SMILES string of the molecule is CC(CO)CC(C)(c1ccccc1)C(O)SCCCC(C)c1ccccc1. The molecule has 148 valence electrons. The third kappa shape index (κ3) is 6.38. The maximum absolute atomic E-state index is 11.0. The Morgan fingerprint density at radius 2 is 1.56 bits per heavy atom. The topological polar surface area (TPSA) is 40.5 Å². The first kappa shape index (κ1) is 22.0. The Bertz CT molecular complexity index is 646. The summed E-state index contributed by atoms with van der Waals surface area (Å²) in [6.45, 7) is 6.58. The van der Waals surface area contributed by atoms with Gasteiger partial charge in [-0.2, -0.15) is 0 Å². The van der Waals surface area contributed by atoms with Gasteiger partial charge in [0.25, 0.3) is 0 Å². The molecular weight excluding hydrogens is 352 g/mol. The van der Waals surface area contributed by atoms with Gasteiger partial charge in [0.05, 0.1) is 0 Å². The number of hydrogen-bond donors (Lipinski definition) is 2. The maximum atomic E-state index is 11.0. The van der Waals surface area contributed by atoms with Gasteiger partial charge >= 0.3 is 0 Å². The van der Waals surface area contributed by atoms with E-state index in [1.165, 1.54) is 5.56 Å². The molecule has 2 aromatic carbocycles. The molecule has 2 rings (SSSR count). The van der Waals surface area contributed by atoms with Crippen LogP contribution in [0.15, 0.2) is 60.7 Å². The Kier molecular flexibility index (Phi) is 8.88. The van der Waals surface area contributed by atoms with Crippen molar-refractivity contribution in [2.75, 3.05) is 12.4 Å². The maximum Gasteiger partial charge on any atom is 0.109 e. The lowest BCUT2D eigenvalue weighted by atomic mass is 9.76. The van der Waals surface area contributed by atoms with Crippen molar-refractivity contribution >= 4 is 11.8 Å². The molecule has 0 spiro atoms. The summed E-state index contributed by atoms with van der Waals surface area (Å²) in [7, 11) is 0. The monoisotopic (exact) mass is 386 g/mol. The van der Waals surface area contributed by atoms with E-state index in [1.807, 2.05) is 25.1 Å². The molecule has 0 saturated carbocycles. The zero-order chi connectivity index (χ0) is 19.7. The van der Waals surface area contributed by atoms with E-state index < -0.39 is 5.44 Å². The summed E-state index contributed by atoms with van der Waals surface area (Å²) in [6.07, 6.45) is 2.97. The molecule has 0 saturated heterocycles. The number of benzene rings is 2. The van der Waals surface area contributed by atoms with Crippen LogP contribution in [0, 0.1) is 5.92 Å².